The molecular weight excluding hydrogens is 309 g/mol. The first-order valence-corrected chi connectivity index (χ1v) is 7.01. The summed E-state index contributed by atoms with van der Waals surface area (Å²) >= 11 is 0. The van der Waals surface area contributed by atoms with Crippen LogP contribution < -0.4 is 0 Å². The number of halogens is 3. The van der Waals surface area contributed by atoms with Gasteiger partial charge >= 0.3 is 6.18 Å². The molecule has 0 unspecified atom stereocenters. The molecular formula is C13H9F3O4S. The molecule has 0 aliphatic heterocycles. The number of rotatable bonds is 2. The molecule has 0 bridgehead atoms. The second-order valence-corrected chi connectivity index (χ2v) is 5.62. The van der Waals surface area contributed by atoms with Crippen molar-refractivity contribution in [1.82, 2.24) is 0 Å². The third-order valence-corrected chi connectivity index (χ3v) is 3.67. The average molecular weight is 318 g/mol. The van der Waals surface area contributed by atoms with Crippen molar-refractivity contribution in [3.63, 3.8) is 0 Å². The number of alkyl halides is 3. The van der Waals surface area contributed by atoms with Crippen molar-refractivity contribution in [2.45, 2.75) is 11.1 Å². The van der Waals surface area contributed by atoms with E-state index in [-0.39, 0.29) is 5.56 Å². The number of benzene rings is 2. The molecule has 0 saturated carbocycles. The topological polar surface area (TPSA) is 74.6 Å². The van der Waals surface area contributed by atoms with Crippen LogP contribution in [0.15, 0.2) is 47.4 Å². The largest absolute Gasteiger partial charge is 0.506 e. The van der Waals surface area contributed by atoms with Crippen molar-refractivity contribution in [3.05, 3.63) is 48.0 Å². The maximum atomic E-state index is 12.4. The highest BCUT2D eigenvalue weighted by atomic mass is 32.2. The number of hydrogen-bond donors (Lipinski definition) is 2. The summed E-state index contributed by atoms with van der Waals surface area (Å²) in [4.78, 5) is -0.708. The number of hydrogen-bond acceptors (Lipinski definition) is 3. The second kappa shape index (κ2) is 5.05. The highest BCUT2D eigenvalue weighted by molar-refractivity contribution is 7.86. The summed E-state index contributed by atoms with van der Waals surface area (Å²) < 4.78 is 68.4. The predicted octanol–water partition coefficient (Wildman–Crippen LogP) is 3.32. The van der Waals surface area contributed by atoms with E-state index in [1.54, 1.807) is 0 Å². The average Bonchev–Trinajstić information content (AvgIpc) is 2.37. The van der Waals surface area contributed by atoms with Crippen molar-refractivity contribution in [1.29, 1.82) is 0 Å². The Morgan fingerprint density at radius 1 is 0.905 bits per heavy atom. The predicted molar refractivity (Wildman–Crippen MR) is 68.4 cm³/mol. The van der Waals surface area contributed by atoms with E-state index >= 15 is 0 Å². The molecule has 8 heteroatoms. The van der Waals surface area contributed by atoms with Crippen molar-refractivity contribution < 1.29 is 31.2 Å². The van der Waals surface area contributed by atoms with E-state index in [0.717, 1.165) is 24.3 Å². The Hall–Kier alpha value is -2.06. The van der Waals surface area contributed by atoms with E-state index in [2.05, 4.69) is 0 Å². The number of aromatic hydroxyl groups is 1. The number of phenols is 1. The third kappa shape index (κ3) is 3.34. The lowest BCUT2D eigenvalue weighted by Gasteiger charge is -2.09. The summed E-state index contributed by atoms with van der Waals surface area (Å²) in [7, 11) is -4.63. The van der Waals surface area contributed by atoms with Crippen molar-refractivity contribution in [3.8, 4) is 16.9 Å². The van der Waals surface area contributed by atoms with E-state index in [1.165, 1.54) is 18.2 Å². The lowest BCUT2D eigenvalue weighted by molar-refractivity contribution is -0.137. The van der Waals surface area contributed by atoms with E-state index in [1.807, 2.05) is 0 Å². The molecule has 112 valence electrons. The van der Waals surface area contributed by atoms with E-state index < -0.39 is 32.5 Å². The summed E-state index contributed by atoms with van der Waals surface area (Å²) in [5, 5.41) is 9.38. The van der Waals surface area contributed by atoms with Crippen LogP contribution in [-0.4, -0.2) is 18.1 Å². The minimum atomic E-state index is -4.63. The molecule has 0 aliphatic rings. The fourth-order valence-corrected chi connectivity index (χ4v) is 2.36. The van der Waals surface area contributed by atoms with Gasteiger partial charge in [0.15, 0.2) is 0 Å². The molecule has 0 saturated heterocycles. The Labute approximate surface area is 118 Å². The summed E-state index contributed by atoms with van der Waals surface area (Å²) in [6.45, 7) is 0. The van der Waals surface area contributed by atoms with Gasteiger partial charge in [-0.05, 0) is 35.4 Å². The molecule has 0 amide bonds. The van der Waals surface area contributed by atoms with Crippen molar-refractivity contribution in [2.75, 3.05) is 0 Å². The van der Waals surface area contributed by atoms with Gasteiger partial charge in [0.05, 0.1) is 5.56 Å². The first kappa shape index (κ1) is 15.3. The Morgan fingerprint density at radius 2 is 1.43 bits per heavy atom. The number of phenolic OH excluding ortho intramolecular Hbond substituents is 1. The van der Waals surface area contributed by atoms with Crippen LogP contribution in [0.1, 0.15) is 5.56 Å². The minimum absolute atomic E-state index is 0.245. The van der Waals surface area contributed by atoms with Crippen LogP contribution in [0.25, 0.3) is 11.1 Å². The van der Waals surface area contributed by atoms with Crippen LogP contribution in [-0.2, 0) is 16.3 Å². The zero-order valence-corrected chi connectivity index (χ0v) is 11.1. The van der Waals surface area contributed by atoms with Crippen LogP contribution in [0.2, 0.25) is 0 Å². The van der Waals surface area contributed by atoms with Crippen LogP contribution in [0, 0.1) is 0 Å². The minimum Gasteiger partial charge on any atom is -0.506 e. The van der Waals surface area contributed by atoms with Crippen LogP contribution in [0.4, 0.5) is 13.2 Å². The Bertz CT molecular complexity index is 765. The zero-order chi connectivity index (χ0) is 15.8. The summed E-state index contributed by atoms with van der Waals surface area (Å²) in [5.41, 5.74) is -0.276. The lowest BCUT2D eigenvalue weighted by Crippen LogP contribution is -2.04. The lowest BCUT2D eigenvalue weighted by atomic mass is 10.0. The highest BCUT2D eigenvalue weighted by Gasteiger charge is 2.30. The van der Waals surface area contributed by atoms with Gasteiger partial charge in [-0.3, -0.25) is 4.55 Å². The summed E-state index contributed by atoms with van der Waals surface area (Å²) in [6, 6.07) is 7.40. The summed E-state index contributed by atoms with van der Waals surface area (Å²) in [5.74, 6) is -0.645. The molecule has 2 aromatic rings. The van der Waals surface area contributed by atoms with Gasteiger partial charge in [-0.15, -0.1) is 0 Å². The van der Waals surface area contributed by atoms with Gasteiger partial charge in [0.25, 0.3) is 10.1 Å². The van der Waals surface area contributed by atoms with Crippen molar-refractivity contribution in [2.24, 2.45) is 0 Å². The zero-order valence-electron chi connectivity index (χ0n) is 10.3. The van der Waals surface area contributed by atoms with Crippen LogP contribution in [0.3, 0.4) is 0 Å². The summed E-state index contributed by atoms with van der Waals surface area (Å²) in [6.07, 6.45) is -4.47. The molecule has 0 aromatic heterocycles. The molecule has 4 nitrogen and oxygen atoms in total. The molecule has 0 aliphatic carbocycles. The first-order valence-electron chi connectivity index (χ1n) is 5.57. The Balaban J connectivity index is 2.48. The molecule has 2 N–H and O–H groups in total. The van der Waals surface area contributed by atoms with E-state index in [9.17, 15) is 26.7 Å². The standard InChI is InChI=1S/C13H9F3O4S/c14-13(15,16)10-4-1-8(2-5-10)9-3-6-11(17)12(7-9)21(18,19)20/h1-7,17H,(H,18,19,20). The second-order valence-electron chi connectivity index (χ2n) is 4.23. The SMILES string of the molecule is O=S(=O)(O)c1cc(-c2ccc(C(F)(F)F)cc2)ccc1O. The Morgan fingerprint density at radius 3 is 1.90 bits per heavy atom. The van der Waals surface area contributed by atoms with E-state index in [4.69, 9.17) is 4.55 Å². The Kier molecular flexibility index (Phi) is 3.68. The smallest absolute Gasteiger partial charge is 0.416 e. The van der Waals surface area contributed by atoms with E-state index in [0.29, 0.717) is 5.56 Å². The normalized spacial score (nSPS) is 12.4. The molecule has 0 radical (unpaired) electrons. The van der Waals surface area contributed by atoms with Gasteiger partial charge in [0, 0.05) is 0 Å². The quantitative estimate of drug-likeness (QED) is 0.833. The van der Waals surface area contributed by atoms with Crippen LogP contribution >= 0.6 is 0 Å². The van der Waals surface area contributed by atoms with Crippen molar-refractivity contribution >= 4 is 10.1 Å². The molecule has 0 atom stereocenters. The maximum absolute atomic E-state index is 12.4. The molecule has 2 aromatic carbocycles. The maximum Gasteiger partial charge on any atom is 0.416 e. The molecule has 0 heterocycles. The molecule has 0 spiro atoms. The van der Waals surface area contributed by atoms with Gasteiger partial charge in [-0.1, -0.05) is 18.2 Å². The fraction of sp³-hybridized carbons (Fsp3) is 0.0769. The van der Waals surface area contributed by atoms with Gasteiger partial charge in [-0.2, -0.15) is 21.6 Å². The van der Waals surface area contributed by atoms with Crippen LogP contribution in [0.5, 0.6) is 5.75 Å². The molecule has 21 heavy (non-hydrogen) atoms. The van der Waals surface area contributed by atoms with Gasteiger partial charge in [0.2, 0.25) is 0 Å². The monoisotopic (exact) mass is 318 g/mol. The third-order valence-electron chi connectivity index (χ3n) is 2.78. The van der Waals surface area contributed by atoms with Gasteiger partial charge in [-0.25, -0.2) is 0 Å². The highest BCUT2D eigenvalue weighted by Crippen LogP contribution is 2.32. The molecule has 2 rings (SSSR count). The van der Waals surface area contributed by atoms with Gasteiger partial charge in [0.1, 0.15) is 10.6 Å². The molecule has 0 fully saturated rings. The fourth-order valence-electron chi connectivity index (χ4n) is 1.75. The first-order chi connectivity index (χ1) is 9.59. The van der Waals surface area contributed by atoms with Gasteiger partial charge < -0.3 is 5.11 Å².